The van der Waals surface area contributed by atoms with E-state index >= 15 is 0 Å². The van der Waals surface area contributed by atoms with Crippen molar-refractivity contribution in [2.24, 2.45) is 5.41 Å². The molecule has 1 saturated heterocycles. The van der Waals surface area contributed by atoms with E-state index in [1.54, 1.807) is 6.07 Å². The standard InChI is InChI=1S/C15H23NO/c1-3-15(4-2)9-10-16(12-15)11-13-7-5-6-8-14(13)17/h5-8,17H,3-4,9-12H2,1-2H3. The summed E-state index contributed by atoms with van der Waals surface area (Å²) in [5.74, 6) is 0.429. The number of hydrogen-bond acceptors (Lipinski definition) is 2. The Bertz CT molecular complexity index is 371. The molecule has 0 radical (unpaired) electrons. The normalized spacial score (nSPS) is 19.6. The first-order chi connectivity index (χ1) is 8.19. The van der Waals surface area contributed by atoms with Crippen LogP contribution in [-0.4, -0.2) is 23.1 Å². The molecule has 1 aliphatic rings. The summed E-state index contributed by atoms with van der Waals surface area (Å²) in [5.41, 5.74) is 1.57. The predicted molar refractivity (Wildman–Crippen MR) is 71.0 cm³/mol. The van der Waals surface area contributed by atoms with Gasteiger partial charge in [-0.2, -0.15) is 0 Å². The minimum absolute atomic E-state index is 0.429. The van der Waals surface area contributed by atoms with Crippen LogP contribution in [0, 0.1) is 5.41 Å². The average molecular weight is 233 g/mol. The lowest BCUT2D eigenvalue weighted by Crippen LogP contribution is -2.26. The van der Waals surface area contributed by atoms with Crippen LogP contribution in [0.5, 0.6) is 5.75 Å². The van der Waals surface area contributed by atoms with Gasteiger partial charge in [0.1, 0.15) is 5.75 Å². The molecule has 1 heterocycles. The first-order valence-corrected chi connectivity index (χ1v) is 6.68. The number of phenols is 1. The van der Waals surface area contributed by atoms with Gasteiger partial charge in [0.2, 0.25) is 0 Å². The second-order valence-electron chi connectivity index (χ2n) is 5.30. The first kappa shape index (κ1) is 12.4. The molecule has 2 rings (SSSR count). The van der Waals surface area contributed by atoms with E-state index in [1.807, 2.05) is 18.2 Å². The Balaban J connectivity index is 2.01. The minimum atomic E-state index is 0.429. The minimum Gasteiger partial charge on any atom is -0.508 e. The zero-order chi connectivity index (χ0) is 12.3. The number of para-hydroxylation sites is 1. The van der Waals surface area contributed by atoms with Gasteiger partial charge in [-0.05, 0) is 37.3 Å². The van der Waals surface area contributed by atoms with Crippen molar-refractivity contribution < 1.29 is 5.11 Å². The third kappa shape index (κ3) is 2.63. The van der Waals surface area contributed by atoms with Crippen molar-refractivity contribution in [3.8, 4) is 5.75 Å². The van der Waals surface area contributed by atoms with Crippen LogP contribution >= 0.6 is 0 Å². The third-order valence-corrected chi connectivity index (χ3v) is 4.40. The third-order valence-electron chi connectivity index (χ3n) is 4.40. The van der Waals surface area contributed by atoms with E-state index < -0.39 is 0 Å². The van der Waals surface area contributed by atoms with E-state index in [2.05, 4.69) is 18.7 Å². The summed E-state index contributed by atoms with van der Waals surface area (Å²) >= 11 is 0. The monoisotopic (exact) mass is 233 g/mol. The van der Waals surface area contributed by atoms with Gasteiger partial charge in [0, 0.05) is 18.7 Å². The highest BCUT2D eigenvalue weighted by atomic mass is 16.3. The first-order valence-electron chi connectivity index (χ1n) is 6.68. The fourth-order valence-corrected chi connectivity index (χ4v) is 2.88. The van der Waals surface area contributed by atoms with Gasteiger partial charge in [-0.25, -0.2) is 0 Å². The Morgan fingerprint density at radius 1 is 1.24 bits per heavy atom. The summed E-state index contributed by atoms with van der Waals surface area (Å²) in [5, 5.41) is 9.79. The lowest BCUT2D eigenvalue weighted by molar-refractivity contribution is 0.234. The largest absolute Gasteiger partial charge is 0.508 e. The quantitative estimate of drug-likeness (QED) is 0.861. The molecule has 0 aromatic heterocycles. The molecule has 0 bridgehead atoms. The molecule has 2 heteroatoms. The van der Waals surface area contributed by atoms with Crippen molar-refractivity contribution in [1.82, 2.24) is 4.90 Å². The Kier molecular flexibility index (Phi) is 3.72. The molecule has 1 N–H and O–H groups in total. The summed E-state index contributed by atoms with van der Waals surface area (Å²) in [7, 11) is 0. The highest BCUT2D eigenvalue weighted by Gasteiger charge is 2.34. The molecule has 0 atom stereocenters. The van der Waals surface area contributed by atoms with Crippen LogP contribution in [0.3, 0.4) is 0 Å². The molecule has 0 aliphatic carbocycles. The number of likely N-dealkylation sites (tertiary alicyclic amines) is 1. The summed E-state index contributed by atoms with van der Waals surface area (Å²) in [6.45, 7) is 7.82. The number of phenolic OH excluding ortho intramolecular Hbond substituents is 1. The van der Waals surface area contributed by atoms with Gasteiger partial charge in [-0.3, -0.25) is 4.90 Å². The van der Waals surface area contributed by atoms with E-state index in [-0.39, 0.29) is 0 Å². The van der Waals surface area contributed by atoms with Crippen LogP contribution in [0.2, 0.25) is 0 Å². The summed E-state index contributed by atoms with van der Waals surface area (Å²) in [4.78, 5) is 2.47. The van der Waals surface area contributed by atoms with Crippen molar-refractivity contribution in [3.05, 3.63) is 29.8 Å². The SMILES string of the molecule is CCC1(CC)CCN(Cc2ccccc2O)C1. The molecule has 0 spiro atoms. The van der Waals surface area contributed by atoms with Gasteiger partial charge in [0.05, 0.1) is 0 Å². The Morgan fingerprint density at radius 3 is 2.53 bits per heavy atom. The second-order valence-corrected chi connectivity index (χ2v) is 5.30. The van der Waals surface area contributed by atoms with Crippen LogP contribution in [0.25, 0.3) is 0 Å². The van der Waals surface area contributed by atoms with Crippen molar-refractivity contribution in [2.45, 2.75) is 39.7 Å². The maximum atomic E-state index is 9.79. The fourth-order valence-electron chi connectivity index (χ4n) is 2.88. The van der Waals surface area contributed by atoms with Crippen LogP contribution in [0.15, 0.2) is 24.3 Å². The molecule has 0 amide bonds. The van der Waals surface area contributed by atoms with E-state index in [1.165, 1.54) is 25.8 Å². The van der Waals surface area contributed by atoms with Crippen LogP contribution < -0.4 is 0 Å². The molecule has 1 aliphatic heterocycles. The van der Waals surface area contributed by atoms with Crippen molar-refractivity contribution in [3.63, 3.8) is 0 Å². The Labute approximate surface area is 104 Å². The number of hydrogen-bond donors (Lipinski definition) is 1. The van der Waals surface area contributed by atoms with Crippen LogP contribution in [0.4, 0.5) is 0 Å². The number of aromatic hydroxyl groups is 1. The highest BCUT2D eigenvalue weighted by molar-refractivity contribution is 5.31. The zero-order valence-electron chi connectivity index (χ0n) is 10.9. The van der Waals surface area contributed by atoms with Gasteiger partial charge < -0.3 is 5.11 Å². The van der Waals surface area contributed by atoms with Crippen molar-refractivity contribution in [1.29, 1.82) is 0 Å². The lowest BCUT2D eigenvalue weighted by Gasteiger charge is -2.26. The second kappa shape index (κ2) is 5.09. The van der Waals surface area contributed by atoms with Crippen molar-refractivity contribution in [2.75, 3.05) is 13.1 Å². The van der Waals surface area contributed by atoms with Gasteiger partial charge in [0.15, 0.2) is 0 Å². The molecule has 0 unspecified atom stereocenters. The van der Waals surface area contributed by atoms with E-state index in [9.17, 15) is 5.11 Å². The predicted octanol–water partition coefficient (Wildman–Crippen LogP) is 3.40. The van der Waals surface area contributed by atoms with Crippen molar-refractivity contribution >= 4 is 0 Å². The lowest BCUT2D eigenvalue weighted by atomic mass is 9.82. The molecule has 94 valence electrons. The van der Waals surface area contributed by atoms with Gasteiger partial charge in [-0.15, -0.1) is 0 Å². The number of rotatable bonds is 4. The summed E-state index contributed by atoms with van der Waals surface area (Å²) in [6, 6.07) is 7.68. The van der Waals surface area contributed by atoms with Gasteiger partial charge in [0.25, 0.3) is 0 Å². The average Bonchev–Trinajstić information content (AvgIpc) is 2.76. The molecule has 1 aromatic rings. The molecular weight excluding hydrogens is 210 g/mol. The number of nitrogens with zero attached hydrogens (tertiary/aromatic N) is 1. The molecule has 2 nitrogen and oxygen atoms in total. The topological polar surface area (TPSA) is 23.5 Å². The molecular formula is C15H23NO. The smallest absolute Gasteiger partial charge is 0.120 e. The molecule has 1 aromatic carbocycles. The van der Waals surface area contributed by atoms with E-state index in [0.29, 0.717) is 11.2 Å². The number of benzene rings is 1. The van der Waals surface area contributed by atoms with E-state index in [0.717, 1.165) is 18.7 Å². The Hall–Kier alpha value is -1.02. The highest BCUT2D eigenvalue weighted by Crippen LogP contribution is 2.37. The molecule has 17 heavy (non-hydrogen) atoms. The zero-order valence-corrected chi connectivity index (χ0v) is 10.9. The fraction of sp³-hybridized carbons (Fsp3) is 0.600. The summed E-state index contributed by atoms with van der Waals surface area (Å²) < 4.78 is 0. The molecule has 1 fully saturated rings. The Morgan fingerprint density at radius 2 is 1.94 bits per heavy atom. The van der Waals surface area contributed by atoms with Gasteiger partial charge in [-0.1, -0.05) is 32.0 Å². The maximum Gasteiger partial charge on any atom is 0.120 e. The van der Waals surface area contributed by atoms with Crippen LogP contribution in [0.1, 0.15) is 38.7 Å². The van der Waals surface area contributed by atoms with E-state index in [4.69, 9.17) is 0 Å². The maximum absolute atomic E-state index is 9.79. The van der Waals surface area contributed by atoms with Gasteiger partial charge >= 0.3 is 0 Å². The van der Waals surface area contributed by atoms with Crippen LogP contribution in [-0.2, 0) is 6.54 Å². The molecule has 0 saturated carbocycles. The summed E-state index contributed by atoms with van der Waals surface area (Å²) in [6.07, 6.45) is 3.83.